The van der Waals surface area contributed by atoms with Gasteiger partial charge in [-0.1, -0.05) is 26.0 Å². The Hall–Kier alpha value is -3.48. The number of aromatic nitrogens is 2. The molecule has 150 valence electrons. The van der Waals surface area contributed by atoms with Crippen LogP contribution >= 0.6 is 0 Å². The number of halogens is 1. The lowest BCUT2D eigenvalue weighted by Gasteiger charge is -2.17. The Balaban J connectivity index is 1.78. The summed E-state index contributed by atoms with van der Waals surface area (Å²) in [6.07, 6.45) is 0.495. The topological polar surface area (TPSA) is 73.2 Å². The molecule has 0 radical (unpaired) electrons. The number of rotatable bonds is 7. The monoisotopic (exact) mass is 395 g/mol. The Kier molecular flexibility index (Phi) is 6.39. The van der Waals surface area contributed by atoms with Crippen LogP contribution < -0.4 is 15.6 Å². The molecule has 1 N–H and O–H groups in total. The second-order valence-electron chi connectivity index (χ2n) is 6.46. The molecule has 0 fully saturated rings. The van der Waals surface area contributed by atoms with Gasteiger partial charge in [0.15, 0.2) is 6.10 Å². The van der Waals surface area contributed by atoms with Gasteiger partial charge in [0.05, 0.1) is 5.69 Å². The van der Waals surface area contributed by atoms with E-state index in [1.165, 1.54) is 36.4 Å². The van der Waals surface area contributed by atoms with Crippen molar-refractivity contribution in [2.24, 2.45) is 0 Å². The minimum Gasteiger partial charge on any atom is -0.463 e. The molecule has 0 spiro atoms. The van der Waals surface area contributed by atoms with Crippen molar-refractivity contribution in [1.82, 2.24) is 9.78 Å². The van der Waals surface area contributed by atoms with Crippen LogP contribution in [0.25, 0.3) is 5.69 Å². The number of hydrogen-bond acceptors (Lipinski definition) is 4. The molecule has 2 aromatic carbocycles. The number of aryl methyl sites for hydroxylation is 1. The fourth-order valence-corrected chi connectivity index (χ4v) is 2.78. The summed E-state index contributed by atoms with van der Waals surface area (Å²) < 4.78 is 20.0. The Morgan fingerprint density at radius 1 is 1.14 bits per heavy atom. The van der Waals surface area contributed by atoms with E-state index in [0.717, 1.165) is 16.7 Å². The number of ether oxygens (including phenoxy) is 1. The van der Waals surface area contributed by atoms with Gasteiger partial charge < -0.3 is 10.1 Å². The van der Waals surface area contributed by atoms with Crippen molar-refractivity contribution in [1.29, 1.82) is 0 Å². The van der Waals surface area contributed by atoms with Crippen molar-refractivity contribution in [2.75, 3.05) is 5.32 Å². The summed E-state index contributed by atoms with van der Waals surface area (Å²) in [6, 6.07) is 15.7. The number of carbonyl (C=O) groups is 1. The summed E-state index contributed by atoms with van der Waals surface area (Å²) in [5.74, 6) is -0.593. The van der Waals surface area contributed by atoms with Crippen LogP contribution in [0.2, 0.25) is 0 Å². The van der Waals surface area contributed by atoms with Gasteiger partial charge in [-0.05, 0) is 54.8 Å². The van der Waals surface area contributed by atoms with Crippen molar-refractivity contribution in [3.8, 4) is 11.6 Å². The SMILES string of the molecule is CCc1cccc(NC(=O)[C@@H](CC)Oc2ccc(=O)n(-c3ccc(F)cc3)n2)c1. The molecule has 0 saturated heterocycles. The van der Waals surface area contributed by atoms with Crippen LogP contribution in [0.5, 0.6) is 5.88 Å². The predicted molar refractivity (Wildman–Crippen MR) is 109 cm³/mol. The van der Waals surface area contributed by atoms with Gasteiger partial charge in [0, 0.05) is 17.8 Å². The average molecular weight is 395 g/mol. The van der Waals surface area contributed by atoms with E-state index in [-0.39, 0.29) is 11.8 Å². The molecule has 7 heteroatoms. The quantitative estimate of drug-likeness (QED) is 0.662. The van der Waals surface area contributed by atoms with E-state index in [2.05, 4.69) is 10.4 Å². The Morgan fingerprint density at radius 3 is 2.59 bits per heavy atom. The Bertz CT molecular complexity index is 1050. The molecule has 0 unspecified atom stereocenters. The standard InChI is InChI=1S/C22H22FN3O3/c1-3-15-6-5-7-17(14-15)24-22(28)19(4-2)29-20-12-13-21(27)26(25-20)18-10-8-16(23)9-11-18/h5-14,19H,3-4H2,1-2H3,(H,24,28)/t19-/m1/s1. The van der Waals surface area contributed by atoms with Crippen molar-refractivity contribution in [2.45, 2.75) is 32.8 Å². The van der Waals surface area contributed by atoms with E-state index in [1.54, 1.807) is 0 Å². The fraction of sp³-hybridized carbons (Fsp3) is 0.227. The van der Waals surface area contributed by atoms with E-state index in [1.807, 2.05) is 38.1 Å². The maximum Gasteiger partial charge on any atom is 0.271 e. The normalized spacial score (nSPS) is 11.7. The number of benzene rings is 2. The van der Waals surface area contributed by atoms with E-state index >= 15 is 0 Å². The zero-order valence-corrected chi connectivity index (χ0v) is 16.3. The zero-order valence-electron chi connectivity index (χ0n) is 16.3. The van der Waals surface area contributed by atoms with Crippen LogP contribution in [0.1, 0.15) is 25.8 Å². The lowest BCUT2D eigenvalue weighted by molar-refractivity contribution is -0.123. The minimum atomic E-state index is -0.785. The van der Waals surface area contributed by atoms with Crippen LogP contribution in [-0.2, 0) is 11.2 Å². The number of hydrogen-bond donors (Lipinski definition) is 1. The molecule has 1 aromatic heterocycles. The van der Waals surface area contributed by atoms with Crippen LogP contribution in [0.4, 0.5) is 10.1 Å². The number of nitrogens with zero attached hydrogens (tertiary/aromatic N) is 2. The highest BCUT2D eigenvalue weighted by Crippen LogP contribution is 2.15. The summed E-state index contributed by atoms with van der Waals surface area (Å²) >= 11 is 0. The van der Waals surface area contributed by atoms with E-state index in [9.17, 15) is 14.0 Å². The van der Waals surface area contributed by atoms with Gasteiger partial charge in [0.25, 0.3) is 11.5 Å². The fourth-order valence-electron chi connectivity index (χ4n) is 2.78. The third-order valence-electron chi connectivity index (χ3n) is 4.38. The van der Waals surface area contributed by atoms with Crippen molar-refractivity contribution in [3.63, 3.8) is 0 Å². The number of nitrogens with one attached hydrogen (secondary N) is 1. The third-order valence-corrected chi connectivity index (χ3v) is 4.38. The number of anilines is 1. The smallest absolute Gasteiger partial charge is 0.271 e. The van der Waals surface area contributed by atoms with E-state index in [4.69, 9.17) is 4.74 Å². The molecule has 1 heterocycles. The average Bonchev–Trinajstić information content (AvgIpc) is 2.73. The molecular formula is C22H22FN3O3. The van der Waals surface area contributed by atoms with Crippen LogP contribution in [0.3, 0.4) is 0 Å². The molecule has 0 aliphatic rings. The molecular weight excluding hydrogens is 373 g/mol. The summed E-state index contributed by atoms with van der Waals surface area (Å²) in [7, 11) is 0. The van der Waals surface area contributed by atoms with Crippen molar-refractivity contribution >= 4 is 11.6 Å². The zero-order chi connectivity index (χ0) is 20.8. The molecule has 0 saturated carbocycles. The highest BCUT2D eigenvalue weighted by Gasteiger charge is 2.20. The summed E-state index contributed by atoms with van der Waals surface area (Å²) in [5.41, 5.74) is 1.82. The van der Waals surface area contributed by atoms with Crippen molar-refractivity contribution in [3.05, 3.63) is 82.4 Å². The first-order valence-electron chi connectivity index (χ1n) is 9.43. The summed E-state index contributed by atoms with van der Waals surface area (Å²) in [4.78, 5) is 24.8. The Labute approximate surface area is 168 Å². The van der Waals surface area contributed by atoms with Gasteiger partial charge in [0.1, 0.15) is 5.82 Å². The molecule has 0 aliphatic heterocycles. The van der Waals surface area contributed by atoms with Gasteiger partial charge in [-0.2, -0.15) is 4.68 Å². The van der Waals surface area contributed by atoms with Gasteiger partial charge >= 0.3 is 0 Å². The van der Waals surface area contributed by atoms with Crippen LogP contribution in [0, 0.1) is 5.82 Å². The molecule has 3 aromatic rings. The lowest BCUT2D eigenvalue weighted by atomic mass is 10.1. The molecule has 29 heavy (non-hydrogen) atoms. The first kappa shape index (κ1) is 20.3. The van der Waals surface area contributed by atoms with E-state index in [0.29, 0.717) is 17.8 Å². The maximum absolute atomic E-state index is 13.1. The van der Waals surface area contributed by atoms with Gasteiger partial charge in [-0.15, -0.1) is 5.10 Å². The van der Waals surface area contributed by atoms with Gasteiger partial charge in [-0.25, -0.2) is 4.39 Å². The van der Waals surface area contributed by atoms with Crippen LogP contribution in [0.15, 0.2) is 65.5 Å². The highest BCUT2D eigenvalue weighted by atomic mass is 19.1. The lowest BCUT2D eigenvalue weighted by Crippen LogP contribution is -2.33. The van der Waals surface area contributed by atoms with Gasteiger partial charge in [0.2, 0.25) is 5.88 Å². The molecule has 0 bridgehead atoms. The first-order chi connectivity index (χ1) is 14.0. The molecule has 6 nitrogen and oxygen atoms in total. The van der Waals surface area contributed by atoms with E-state index < -0.39 is 17.5 Å². The summed E-state index contributed by atoms with van der Waals surface area (Å²) in [6.45, 7) is 3.86. The van der Waals surface area contributed by atoms with Crippen molar-refractivity contribution < 1.29 is 13.9 Å². The highest BCUT2D eigenvalue weighted by molar-refractivity contribution is 5.94. The molecule has 1 amide bonds. The molecule has 1 atom stereocenters. The second kappa shape index (κ2) is 9.14. The Morgan fingerprint density at radius 2 is 1.90 bits per heavy atom. The predicted octanol–water partition coefficient (Wildman–Crippen LogP) is 3.73. The second-order valence-corrected chi connectivity index (χ2v) is 6.46. The van der Waals surface area contributed by atoms with Crippen LogP contribution in [-0.4, -0.2) is 21.8 Å². The largest absolute Gasteiger partial charge is 0.463 e. The minimum absolute atomic E-state index is 0.123. The number of carbonyl (C=O) groups excluding carboxylic acids is 1. The molecule has 3 rings (SSSR count). The molecule has 0 aliphatic carbocycles. The maximum atomic E-state index is 13.1. The first-order valence-corrected chi connectivity index (χ1v) is 9.43. The number of amides is 1. The van der Waals surface area contributed by atoms with Gasteiger partial charge in [-0.3, -0.25) is 9.59 Å². The third kappa shape index (κ3) is 5.07. The summed E-state index contributed by atoms with van der Waals surface area (Å²) in [5, 5.41) is 7.01.